The van der Waals surface area contributed by atoms with Crippen molar-refractivity contribution in [3.8, 4) is 6.07 Å². The number of para-hydroxylation sites is 1. The first-order valence-electron chi connectivity index (χ1n) is 9.87. The molecule has 0 spiro atoms. The van der Waals surface area contributed by atoms with Gasteiger partial charge in [0.2, 0.25) is 5.91 Å². The Morgan fingerprint density at radius 1 is 1.00 bits per heavy atom. The van der Waals surface area contributed by atoms with E-state index in [1.54, 1.807) is 48.5 Å². The minimum atomic E-state index is -0.562. The van der Waals surface area contributed by atoms with Gasteiger partial charge in [0.1, 0.15) is 16.7 Å². The molecule has 158 valence electrons. The van der Waals surface area contributed by atoms with Gasteiger partial charge in [-0.25, -0.2) is 0 Å². The van der Waals surface area contributed by atoms with Crippen LogP contribution in [0.3, 0.4) is 0 Å². The first kappa shape index (κ1) is 21.7. The molecule has 3 aromatic carbocycles. The van der Waals surface area contributed by atoms with E-state index in [0.29, 0.717) is 27.8 Å². The van der Waals surface area contributed by atoms with Crippen molar-refractivity contribution in [3.63, 3.8) is 0 Å². The Morgan fingerprint density at radius 2 is 1.62 bits per heavy atom. The Morgan fingerprint density at radius 3 is 2.25 bits per heavy atom. The lowest BCUT2D eigenvalue weighted by atomic mass is 10.1. The molecule has 2 amide bonds. The number of hydrogen-bond donors (Lipinski definition) is 1. The second kappa shape index (κ2) is 9.73. The predicted octanol–water partition coefficient (Wildman–Crippen LogP) is 5.40. The molecule has 1 heterocycles. The average molecular weight is 460 g/mol. The number of anilines is 2. The SMILES string of the molecule is N#C/C(C(=O)Nc1ccccc1)=C1/SC(Cc2ccccc2)C(=O)N1c1ccc(Cl)cc1. The van der Waals surface area contributed by atoms with Crippen LogP contribution in [0.1, 0.15) is 5.56 Å². The van der Waals surface area contributed by atoms with E-state index in [9.17, 15) is 14.9 Å². The maximum Gasteiger partial charge on any atom is 0.269 e. The Hall–Kier alpha value is -3.53. The molecule has 1 saturated heterocycles. The maximum absolute atomic E-state index is 13.4. The van der Waals surface area contributed by atoms with Crippen LogP contribution < -0.4 is 10.2 Å². The molecule has 1 aliphatic rings. The van der Waals surface area contributed by atoms with E-state index < -0.39 is 11.2 Å². The number of halogens is 1. The summed E-state index contributed by atoms with van der Waals surface area (Å²) in [5.41, 5.74) is 2.01. The van der Waals surface area contributed by atoms with E-state index in [4.69, 9.17) is 11.6 Å². The van der Waals surface area contributed by atoms with Crippen LogP contribution in [0.2, 0.25) is 5.02 Å². The van der Waals surface area contributed by atoms with E-state index in [1.165, 1.54) is 16.7 Å². The highest BCUT2D eigenvalue weighted by molar-refractivity contribution is 8.05. The molecule has 0 aliphatic carbocycles. The van der Waals surface area contributed by atoms with Crippen LogP contribution in [0, 0.1) is 11.3 Å². The molecule has 1 N–H and O–H groups in total. The number of nitrogens with one attached hydrogen (secondary N) is 1. The van der Waals surface area contributed by atoms with Crippen molar-refractivity contribution in [2.75, 3.05) is 10.2 Å². The Kier molecular flexibility index (Phi) is 6.60. The Bertz CT molecular complexity index is 1210. The minimum absolute atomic E-state index is 0.113. The van der Waals surface area contributed by atoms with E-state index in [2.05, 4.69) is 5.32 Å². The number of carbonyl (C=O) groups excluding carboxylic acids is 2. The molecule has 0 aromatic heterocycles. The molecule has 1 aliphatic heterocycles. The van der Waals surface area contributed by atoms with Crippen molar-refractivity contribution >= 4 is 46.6 Å². The van der Waals surface area contributed by atoms with Crippen LogP contribution in [0.25, 0.3) is 0 Å². The first-order valence-corrected chi connectivity index (χ1v) is 11.1. The second-order valence-electron chi connectivity index (χ2n) is 7.06. The van der Waals surface area contributed by atoms with Gasteiger partial charge in [-0.1, -0.05) is 71.9 Å². The predicted molar refractivity (Wildman–Crippen MR) is 128 cm³/mol. The fourth-order valence-corrected chi connectivity index (χ4v) is 4.79. The van der Waals surface area contributed by atoms with Crippen LogP contribution in [0.5, 0.6) is 0 Å². The molecule has 1 unspecified atom stereocenters. The lowest BCUT2D eigenvalue weighted by Gasteiger charge is -2.18. The van der Waals surface area contributed by atoms with Crippen LogP contribution in [-0.2, 0) is 16.0 Å². The van der Waals surface area contributed by atoms with Crippen LogP contribution in [0.4, 0.5) is 11.4 Å². The highest BCUT2D eigenvalue weighted by Gasteiger charge is 2.40. The van der Waals surface area contributed by atoms with E-state index in [1.807, 2.05) is 42.5 Å². The number of rotatable bonds is 5. The maximum atomic E-state index is 13.4. The third-order valence-corrected chi connectivity index (χ3v) is 6.40. The zero-order chi connectivity index (χ0) is 22.5. The monoisotopic (exact) mass is 459 g/mol. The molecule has 0 bridgehead atoms. The summed E-state index contributed by atoms with van der Waals surface area (Å²) in [6, 6.07) is 27.3. The van der Waals surface area contributed by atoms with Gasteiger partial charge in [-0.2, -0.15) is 5.26 Å². The summed E-state index contributed by atoms with van der Waals surface area (Å²) in [4.78, 5) is 27.8. The zero-order valence-corrected chi connectivity index (χ0v) is 18.4. The van der Waals surface area contributed by atoms with Gasteiger partial charge in [-0.15, -0.1) is 0 Å². The number of carbonyl (C=O) groups is 2. The lowest BCUT2D eigenvalue weighted by Crippen LogP contribution is -2.30. The summed E-state index contributed by atoms with van der Waals surface area (Å²) in [5, 5.41) is 13.0. The summed E-state index contributed by atoms with van der Waals surface area (Å²) < 4.78 is 0. The molecule has 1 atom stereocenters. The van der Waals surface area contributed by atoms with Gasteiger partial charge in [0.25, 0.3) is 5.91 Å². The van der Waals surface area contributed by atoms with Crippen LogP contribution >= 0.6 is 23.4 Å². The summed E-state index contributed by atoms with van der Waals surface area (Å²) in [6.07, 6.45) is 0.483. The van der Waals surface area contributed by atoms with E-state index in [-0.39, 0.29) is 11.5 Å². The molecule has 0 radical (unpaired) electrons. The molecule has 32 heavy (non-hydrogen) atoms. The third-order valence-electron chi connectivity index (χ3n) is 4.89. The van der Waals surface area contributed by atoms with E-state index in [0.717, 1.165) is 5.56 Å². The number of thioether (sulfide) groups is 1. The highest BCUT2D eigenvalue weighted by atomic mass is 35.5. The average Bonchev–Trinajstić information content (AvgIpc) is 3.12. The van der Waals surface area contributed by atoms with Gasteiger partial charge in [-0.3, -0.25) is 14.5 Å². The topological polar surface area (TPSA) is 73.2 Å². The normalized spacial score (nSPS) is 17.1. The molecule has 3 aromatic rings. The van der Waals surface area contributed by atoms with Crippen molar-refractivity contribution in [2.24, 2.45) is 0 Å². The first-order chi connectivity index (χ1) is 15.6. The van der Waals surface area contributed by atoms with Crippen LogP contribution in [-0.4, -0.2) is 17.1 Å². The molecular weight excluding hydrogens is 442 g/mol. The van der Waals surface area contributed by atoms with Crippen molar-refractivity contribution in [1.29, 1.82) is 5.26 Å². The summed E-state index contributed by atoms with van der Waals surface area (Å²) in [6.45, 7) is 0. The molecular formula is C25H18ClN3O2S. The number of amides is 2. The summed E-state index contributed by atoms with van der Waals surface area (Å²) >= 11 is 7.25. The smallest absolute Gasteiger partial charge is 0.269 e. The summed E-state index contributed by atoms with van der Waals surface area (Å²) in [5.74, 6) is -0.746. The Labute approximate surface area is 195 Å². The molecule has 5 nitrogen and oxygen atoms in total. The number of nitriles is 1. The largest absolute Gasteiger partial charge is 0.321 e. The van der Waals surface area contributed by atoms with Gasteiger partial charge >= 0.3 is 0 Å². The third kappa shape index (κ3) is 4.70. The van der Waals surface area contributed by atoms with Gasteiger partial charge in [-0.05, 0) is 48.4 Å². The lowest BCUT2D eigenvalue weighted by molar-refractivity contribution is -0.117. The van der Waals surface area contributed by atoms with E-state index >= 15 is 0 Å². The zero-order valence-electron chi connectivity index (χ0n) is 16.9. The fourth-order valence-electron chi connectivity index (χ4n) is 3.36. The van der Waals surface area contributed by atoms with Gasteiger partial charge in [0.15, 0.2) is 0 Å². The van der Waals surface area contributed by atoms with Gasteiger partial charge < -0.3 is 5.32 Å². The fraction of sp³-hybridized carbons (Fsp3) is 0.0800. The minimum Gasteiger partial charge on any atom is -0.321 e. The molecule has 4 rings (SSSR count). The number of benzene rings is 3. The van der Waals surface area contributed by atoms with Gasteiger partial charge in [0.05, 0.1) is 5.25 Å². The van der Waals surface area contributed by atoms with Crippen molar-refractivity contribution < 1.29 is 9.59 Å². The van der Waals surface area contributed by atoms with Crippen molar-refractivity contribution in [1.82, 2.24) is 0 Å². The number of nitrogens with zero attached hydrogens (tertiary/aromatic N) is 2. The molecule has 0 saturated carbocycles. The quantitative estimate of drug-likeness (QED) is 0.409. The molecule has 7 heteroatoms. The highest BCUT2D eigenvalue weighted by Crippen LogP contribution is 2.42. The second-order valence-corrected chi connectivity index (χ2v) is 8.69. The van der Waals surface area contributed by atoms with Gasteiger partial charge in [0, 0.05) is 16.4 Å². The molecule has 1 fully saturated rings. The standard InChI is InChI=1S/C25H18ClN3O2S/c26-18-11-13-20(14-12-18)29-24(31)22(15-17-7-3-1-4-8-17)32-25(29)21(16-27)23(30)28-19-9-5-2-6-10-19/h1-14,22H,15H2,(H,28,30)/b25-21-. The number of hydrogen-bond acceptors (Lipinski definition) is 4. The van der Waals surface area contributed by atoms with Crippen molar-refractivity contribution in [3.05, 3.63) is 106 Å². The Balaban J connectivity index is 1.73. The van der Waals surface area contributed by atoms with Crippen LogP contribution in [0.15, 0.2) is 95.5 Å². The summed E-state index contributed by atoms with van der Waals surface area (Å²) in [7, 11) is 0. The van der Waals surface area contributed by atoms with Crippen molar-refractivity contribution in [2.45, 2.75) is 11.7 Å².